The molecule has 2 aromatic carbocycles. The van der Waals surface area contributed by atoms with E-state index in [9.17, 15) is 0 Å². The molecule has 0 amide bonds. The topological polar surface area (TPSA) is 21.3 Å². The van der Waals surface area contributed by atoms with Gasteiger partial charge in [-0.2, -0.15) is 0 Å². The van der Waals surface area contributed by atoms with Crippen LogP contribution in [-0.4, -0.2) is 6.61 Å². The van der Waals surface area contributed by atoms with Crippen LogP contribution in [0.1, 0.15) is 11.1 Å². The van der Waals surface area contributed by atoms with Crippen LogP contribution in [-0.2, 0) is 17.3 Å². The van der Waals surface area contributed by atoms with Crippen molar-refractivity contribution >= 4 is 12.0 Å². The first-order valence-electron chi connectivity index (χ1n) is 6.63. The van der Waals surface area contributed by atoms with Gasteiger partial charge in [-0.1, -0.05) is 54.6 Å². The molecule has 2 aromatic rings. The van der Waals surface area contributed by atoms with Gasteiger partial charge < -0.3 is 9.50 Å². The van der Waals surface area contributed by atoms with E-state index >= 15 is 0 Å². The molecule has 0 aliphatic rings. The van der Waals surface area contributed by atoms with Crippen molar-refractivity contribution in [2.75, 3.05) is 6.61 Å². The standard InChI is InChI=1S/C17H19NOS/c1-2-12-19-20-17-11-7-6-10-16(17)14-18-13-15-8-4-3-5-9-15/h2-11,18H,1,12-14H2. The van der Waals surface area contributed by atoms with Gasteiger partial charge in [-0.15, -0.1) is 6.58 Å². The first kappa shape index (κ1) is 14.9. The van der Waals surface area contributed by atoms with Gasteiger partial charge in [0.2, 0.25) is 0 Å². The molecule has 1 N–H and O–H groups in total. The van der Waals surface area contributed by atoms with E-state index in [1.54, 1.807) is 6.08 Å². The fourth-order valence-corrected chi connectivity index (χ4v) is 2.49. The van der Waals surface area contributed by atoms with E-state index in [0.717, 1.165) is 18.0 Å². The molecule has 0 aliphatic carbocycles. The van der Waals surface area contributed by atoms with Gasteiger partial charge in [-0.25, -0.2) is 0 Å². The molecular formula is C17H19NOS. The van der Waals surface area contributed by atoms with E-state index in [1.807, 2.05) is 12.1 Å². The predicted molar refractivity (Wildman–Crippen MR) is 85.4 cm³/mol. The average molecular weight is 285 g/mol. The molecule has 3 heteroatoms. The minimum atomic E-state index is 0.552. The maximum atomic E-state index is 5.44. The monoisotopic (exact) mass is 285 g/mol. The summed E-state index contributed by atoms with van der Waals surface area (Å²) in [5, 5.41) is 3.46. The minimum Gasteiger partial charge on any atom is -0.309 e. The molecule has 0 saturated carbocycles. The van der Waals surface area contributed by atoms with Crippen LogP contribution in [0.15, 0.2) is 72.1 Å². The number of rotatable bonds is 8. The van der Waals surface area contributed by atoms with Crippen LogP contribution >= 0.6 is 12.0 Å². The summed E-state index contributed by atoms with van der Waals surface area (Å²) in [6, 6.07) is 18.7. The van der Waals surface area contributed by atoms with Crippen LogP contribution < -0.4 is 5.32 Å². The molecule has 0 saturated heterocycles. The lowest BCUT2D eigenvalue weighted by Crippen LogP contribution is -2.13. The first-order chi connectivity index (χ1) is 9.90. The van der Waals surface area contributed by atoms with E-state index in [0.29, 0.717) is 6.61 Å². The Labute approximate surface area is 125 Å². The van der Waals surface area contributed by atoms with E-state index in [4.69, 9.17) is 4.18 Å². The summed E-state index contributed by atoms with van der Waals surface area (Å²) in [5.74, 6) is 0. The molecule has 2 rings (SSSR count). The van der Waals surface area contributed by atoms with Crippen LogP contribution in [0.5, 0.6) is 0 Å². The largest absolute Gasteiger partial charge is 0.309 e. The predicted octanol–water partition coefficient (Wildman–Crippen LogP) is 4.19. The van der Waals surface area contributed by atoms with Gasteiger partial charge in [0.15, 0.2) is 0 Å². The third-order valence-corrected chi connectivity index (χ3v) is 3.63. The molecule has 0 heterocycles. The van der Waals surface area contributed by atoms with Crippen molar-refractivity contribution in [3.8, 4) is 0 Å². The highest BCUT2D eigenvalue weighted by atomic mass is 32.2. The van der Waals surface area contributed by atoms with E-state index in [-0.39, 0.29) is 0 Å². The van der Waals surface area contributed by atoms with Crippen molar-refractivity contribution in [1.82, 2.24) is 5.32 Å². The smallest absolute Gasteiger partial charge is 0.0797 e. The zero-order valence-electron chi connectivity index (χ0n) is 11.4. The molecule has 0 spiro atoms. The van der Waals surface area contributed by atoms with Crippen molar-refractivity contribution in [3.05, 3.63) is 78.4 Å². The van der Waals surface area contributed by atoms with Crippen LogP contribution in [0.25, 0.3) is 0 Å². The molecule has 0 radical (unpaired) electrons. The molecule has 0 unspecified atom stereocenters. The van der Waals surface area contributed by atoms with Crippen molar-refractivity contribution in [3.63, 3.8) is 0 Å². The number of nitrogens with one attached hydrogen (secondary N) is 1. The molecular weight excluding hydrogens is 266 g/mol. The van der Waals surface area contributed by atoms with Gasteiger partial charge >= 0.3 is 0 Å². The molecule has 0 atom stereocenters. The van der Waals surface area contributed by atoms with Gasteiger partial charge in [0.1, 0.15) is 0 Å². The summed E-state index contributed by atoms with van der Waals surface area (Å²) in [5.41, 5.74) is 2.54. The summed E-state index contributed by atoms with van der Waals surface area (Å²) < 4.78 is 5.44. The summed E-state index contributed by atoms with van der Waals surface area (Å²) in [6.45, 7) is 5.90. The quantitative estimate of drug-likeness (QED) is 0.446. The van der Waals surface area contributed by atoms with Gasteiger partial charge in [-0.05, 0) is 17.2 Å². The lowest BCUT2D eigenvalue weighted by Gasteiger charge is -2.09. The van der Waals surface area contributed by atoms with Crippen LogP contribution in [0.2, 0.25) is 0 Å². The molecule has 0 bridgehead atoms. The Morgan fingerprint density at radius 2 is 1.75 bits per heavy atom. The lowest BCUT2D eigenvalue weighted by atomic mass is 10.2. The summed E-state index contributed by atoms with van der Waals surface area (Å²) in [4.78, 5) is 1.15. The van der Waals surface area contributed by atoms with E-state index in [2.05, 4.69) is 54.4 Å². The van der Waals surface area contributed by atoms with Crippen molar-refractivity contribution < 1.29 is 4.18 Å². The Balaban J connectivity index is 1.87. The van der Waals surface area contributed by atoms with Crippen molar-refractivity contribution in [2.45, 2.75) is 18.0 Å². The van der Waals surface area contributed by atoms with Gasteiger partial charge in [-0.3, -0.25) is 0 Å². The molecule has 0 aromatic heterocycles. The Morgan fingerprint density at radius 1 is 1.00 bits per heavy atom. The summed E-state index contributed by atoms with van der Waals surface area (Å²) in [6.07, 6.45) is 1.75. The maximum Gasteiger partial charge on any atom is 0.0797 e. The molecule has 104 valence electrons. The fourth-order valence-electron chi connectivity index (χ4n) is 1.81. The van der Waals surface area contributed by atoms with Crippen LogP contribution in [0.3, 0.4) is 0 Å². The summed E-state index contributed by atoms with van der Waals surface area (Å²) >= 11 is 1.41. The Kier molecular flexibility index (Phi) is 6.38. The SMILES string of the molecule is C=CCOSc1ccccc1CNCc1ccccc1. The number of hydrogen-bond donors (Lipinski definition) is 1. The van der Waals surface area contributed by atoms with Crippen LogP contribution in [0.4, 0.5) is 0 Å². The number of benzene rings is 2. The molecule has 0 aliphatic heterocycles. The Hall–Kier alpha value is -1.55. The van der Waals surface area contributed by atoms with Gasteiger partial charge in [0, 0.05) is 30.0 Å². The van der Waals surface area contributed by atoms with Crippen LogP contribution in [0, 0.1) is 0 Å². The second kappa shape index (κ2) is 8.59. The van der Waals surface area contributed by atoms with E-state index < -0.39 is 0 Å². The normalized spacial score (nSPS) is 10.4. The Morgan fingerprint density at radius 3 is 2.55 bits per heavy atom. The zero-order chi connectivity index (χ0) is 14.0. The second-order valence-electron chi connectivity index (χ2n) is 4.35. The first-order valence-corrected chi connectivity index (χ1v) is 7.37. The highest BCUT2D eigenvalue weighted by molar-refractivity contribution is 7.94. The lowest BCUT2D eigenvalue weighted by molar-refractivity contribution is 0.429. The highest BCUT2D eigenvalue weighted by Crippen LogP contribution is 2.23. The third-order valence-electron chi connectivity index (χ3n) is 2.79. The van der Waals surface area contributed by atoms with Gasteiger partial charge in [0.05, 0.1) is 6.61 Å². The van der Waals surface area contributed by atoms with Gasteiger partial charge in [0.25, 0.3) is 0 Å². The molecule has 20 heavy (non-hydrogen) atoms. The summed E-state index contributed by atoms with van der Waals surface area (Å²) in [7, 11) is 0. The van der Waals surface area contributed by atoms with Crippen molar-refractivity contribution in [1.29, 1.82) is 0 Å². The zero-order valence-corrected chi connectivity index (χ0v) is 12.2. The second-order valence-corrected chi connectivity index (χ2v) is 5.20. The maximum absolute atomic E-state index is 5.44. The van der Waals surface area contributed by atoms with Crippen molar-refractivity contribution in [2.24, 2.45) is 0 Å². The molecule has 2 nitrogen and oxygen atoms in total. The molecule has 0 fully saturated rings. The highest BCUT2D eigenvalue weighted by Gasteiger charge is 2.02. The fraction of sp³-hybridized carbons (Fsp3) is 0.176. The van der Waals surface area contributed by atoms with E-state index in [1.165, 1.54) is 23.2 Å². The average Bonchev–Trinajstić information content (AvgIpc) is 2.50. The number of hydrogen-bond acceptors (Lipinski definition) is 3. The third kappa shape index (κ3) is 4.85. The minimum absolute atomic E-state index is 0.552. The Bertz CT molecular complexity index is 528.